The lowest BCUT2D eigenvalue weighted by atomic mass is 9.84. The van der Waals surface area contributed by atoms with Crippen molar-refractivity contribution in [1.82, 2.24) is 9.72 Å². The van der Waals surface area contributed by atoms with E-state index in [1.165, 1.54) is 49.0 Å². The van der Waals surface area contributed by atoms with Gasteiger partial charge in [-0.3, -0.25) is 14.0 Å². The van der Waals surface area contributed by atoms with Gasteiger partial charge in [0, 0.05) is 12.1 Å². The minimum absolute atomic E-state index is 0.114. The third-order valence-corrected chi connectivity index (χ3v) is 7.55. The maximum absolute atomic E-state index is 13.7. The Hall–Kier alpha value is -2.96. The summed E-state index contributed by atoms with van der Waals surface area (Å²) in [7, 11) is 0. The number of aromatic nitrogens is 1. The van der Waals surface area contributed by atoms with Crippen molar-refractivity contribution >= 4 is 32.3 Å². The van der Waals surface area contributed by atoms with E-state index in [0.717, 1.165) is 15.8 Å². The van der Waals surface area contributed by atoms with Gasteiger partial charge in [0.25, 0.3) is 11.5 Å². The number of amides is 1. The van der Waals surface area contributed by atoms with Crippen LogP contribution >= 0.6 is 11.3 Å². The Morgan fingerprint density at radius 1 is 1.06 bits per heavy atom. The highest BCUT2D eigenvalue weighted by Crippen LogP contribution is 2.36. The molecule has 2 aromatic heterocycles. The van der Waals surface area contributed by atoms with Crippen LogP contribution in [-0.2, 0) is 0 Å². The highest BCUT2D eigenvalue weighted by atomic mass is 32.1. The van der Waals surface area contributed by atoms with E-state index < -0.39 is 0 Å². The predicted octanol–water partition coefficient (Wildman–Crippen LogP) is 4.95. The zero-order chi connectivity index (χ0) is 22.1. The van der Waals surface area contributed by atoms with E-state index >= 15 is 0 Å². The molecule has 0 unspecified atom stereocenters. The number of benzene rings is 2. The third-order valence-electron chi connectivity index (χ3n) is 6.39. The van der Waals surface area contributed by atoms with Crippen molar-refractivity contribution in [2.24, 2.45) is 0 Å². The van der Waals surface area contributed by atoms with Crippen LogP contribution in [0.5, 0.6) is 0 Å². The van der Waals surface area contributed by atoms with Crippen molar-refractivity contribution in [1.29, 1.82) is 0 Å². The van der Waals surface area contributed by atoms with Crippen LogP contribution in [-0.4, -0.2) is 28.6 Å². The first-order valence-electron chi connectivity index (χ1n) is 11.2. The Kier molecular flexibility index (Phi) is 5.81. The molecule has 5 rings (SSSR count). The van der Waals surface area contributed by atoms with Crippen LogP contribution in [0.25, 0.3) is 26.2 Å². The minimum atomic E-state index is -0.284. The standard InChI is InChI=1S/C26H26N2O3S/c29-14-13-27-24(30)21-16-20(18-9-5-2-6-10-18)25(31)28-22-15-19(17-7-3-1-4-8-17)11-12-23(22)32-26(21)28/h2,5-6,9-12,15-17,29H,1,3-4,7-8,13-14H2,(H,27,30). The highest BCUT2D eigenvalue weighted by Gasteiger charge is 2.21. The highest BCUT2D eigenvalue weighted by molar-refractivity contribution is 7.24. The Morgan fingerprint density at radius 2 is 1.84 bits per heavy atom. The fourth-order valence-electron chi connectivity index (χ4n) is 4.76. The van der Waals surface area contributed by atoms with Gasteiger partial charge in [0.1, 0.15) is 4.83 Å². The van der Waals surface area contributed by atoms with Gasteiger partial charge in [0.05, 0.1) is 22.4 Å². The molecule has 2 heterocycles. The molecule has 1 aliphatic carbocycles. The Morgan fingerprint density at radius 3 is 2.59 bits per heavy atom. The quantitative estimate of drug-likeness (QED) is 0.456. The molecular formula is C26H26N2O3S. The monoisotopic (exact) mass is 446 g/mol. The topological polar surface area (TPSA) is 70.8 Å². The lowest BCUT2D eigenvalue weighted by molar-refractivity contribution is 0.0946. The number of nitrogens with zero attached hydrogens (tertiary/aromatic N) is 1. The molecule has 6 heteroatoms. The van der Waals surface area contributed by atoms with Crippen molar-refractivity contribution in [2.75, 3.05) is 13.2 Å². The first kappa shape index (κ1) is 20.9. The second kappa shape index (κ2) is 8.88. The van der Waals surface area contributed by atoms with Crippen molar-refractivity contribution in [3.05, 3.63) is 76.1 Å². The summed E-state index contributed by atoms with van der Waals surface area (Å²) >= 11 is 1.46. The molecule has 0 radical (unpaired) electrons. The van der Waals surface area contributed by atoms with Crippen molar-refractivity contribution < 1.29 is 9.90 Å². The van der Waals surface area contributed by atoms with Crippen molar-refractivity contribution in [2.45, 2.75) is 38.0 Å². The van der Waals surface area contributed by atoms with Gasteiger partial charge in [-0.1, -0.05) is 55.7 Å². The first-order chi connectivity index (χ1) is 15.7. The van der Waals surface area contributed by atoms with Crippen LogP contribution in [0.2, 0.25) is 0 Å². The van der Waals surface area contributed by atoms with Gasteiger partial charge in [0.15, 0.2) is 0 Å². The average molecular weight is 447 g/mol. The summed E-state index contributed by atoms with van der Waals surface area (Å²) in [6.07, 6.45) is 6.17. The maximum atomic E-state index is 13.7. The predicted molar refractivity (Wildman–Crippen MR) is 130 cm³/mol. The molecule has 2 aromatic carbocycles. The fourth-order valence-corrected chi connectivity index (χ4v) is 5.89. The number of hydrogen-bond donors (Lipinski definition) is 2. The summed E-state index contributed by atoms with van der Waals surface area (Å²) < 4.78 is 2.70. The summed E-state index contributed by atoms with van der Waals surface area (Å²) in [5.74, 6) is 0.247. The Labute approximate surface area is 190 Å². The molecule has 1 aliphatic rings. The van der Waals surface area contributed by atoms with E-state index in [9.17, 15) is 9.59 Å². The van der Waals surface area contributed by atoms with E-state index in [1.54, 1.807) is 10.5 Å². The molecule has 1 fully saturated rings. The first-order valence-corrected chi connectivity index (χ1v) is 12.1. The third kappa shape index (κ3) is 3.74. The molecule has 1 amide bonds. The number of pyridine rings is 1. The van der Waals surface area contributed by atoms with Gasteiger partial charge in [-0.05, 0) is 48.1 Å². The lowest BCUT2D eigenvalue weighted by Crippen LogP contribution is -2.28. The molecule has 5 nitrogen and oxygen atoms in total. The molecule has 0 atom stereocenters. The Bertz CT molecular complexity index is 1330. The molecule has 0 aliphatic heterocycles. The zero-order valence-corrected chi connectivity index (χ0v) is 18.7. The number of hydrogen-bond acceptors (Lipinski definition) is 4. The molecule has 164 valence electrons. The summed E-state index contributed by atoms with van der Waals surface area (Å²) in [6.45, 7) is 0.0336. The van der Waals surface area contributed by atoms with Gasteiger partial charge in [0.2, 0.25) is 0 Å². The average Bonchev–Trinajstić information content (AvgIpc) is 3.23. The van der Waals surface area contributed by atoms with Crippen LogP contribution in [0.1, 0.15) is 53.9 Å². The SMILES string of the molecule is O=C(NCCO)c1cc(-c2ccccc2)c(=O)n2c1sc1ccc(C3CCCCC3)cc12. The zero-order valence-electron chi connectivity index (χ0n) is 17.8. The lowest BCUT2D eigenvalue weighted by Gasteiger charge is -2.21. The number of thiazole rings is 1. The van der Waals surface area contributed by atoms with E-state index in [4.69, 9.17) is 5.11 Å². The van der Waals surface area contributed by atoms with E-state index in [2.05, 4.69) is 23.5 Å². The van der Waals surface area contributed by atoms with Crippen LogP contribution in [0, 0.1) is 0 Å². The summed E-state index contributed by atoms with van der Waals surface area (Å²) in [5, 5.41) is 11.9. The van der Waals surface area contributed by atoms with E-state index in [0.29, 0.717) is 21.9 Å². The van der Waals surface area contributed by atoms with Gasteiger partial charge in [-0.2, -0.15) is 0 Å². The minimum Gasteiger partial charge on any atom is -0.395 e. The van der Waals surface area contributed by atoms with Gasteiger partial charge in [-0.15, -0.1) is 11.3 Å². The number of carbonyl (C=O) groups is 1. The van der Waals surface area contributed by atoms with Crippen molar-refractivity contribution in [3.8, 4) is 11.1 Å². The van der Waals surface area contributed by atoms with Crippen LogP contribution in [0.4, 0.5) is 0 Å². The molecule has 0 bridgehead atoms. The molecule has 32 heavy (non-hydrogen) atoms. The summed E-state index contributed by atoms with van der Waals surface area (Å²) in [6, 6.07) is 17.6. The Balaban J connectivity index is 1.76. The van der Waals surface area contributed by atoms with Gasteiger partial charge in [-0.25, -0.2) is 0 Å². The van der Waals surface area contributed by atoms with E-state index in [1.807, 2.05) is 30.3 Å². The number of aliphatic hydroxyl groups is 1. The largest absolute Gasteiger partial charge is 0.395 e. The number of carbonyl (C=O) groups excluding carboxylic acids is 1. The van der Waals surface area contributed by atoms with Crippen molar-refractivity contribution in [3.63, 3.8) is 0 Å². The molecule has 4 aromatic rings. The number of nitrogens with one attached hydrogen (secondary N) is 1. The molecule has 0 saturated heterocycles. The molecular weight excluding hydrogens is 420 g/mol. The number of fused-ring (bicyclic) bond motifs is 3. The fraction of sp³-hybridized carbons (Fsp3) is 0.308. The smallest absolute Gasteiger partial charge is 0.264 e. The normalized spacial score (nSPS) is 14.8. The summed E-state index contributed by atoms with van der Waals surface area (Å²) in [4.78, 5) is 27.3. The maximum Gasteiger partial charge on any atom is 0.264 e. The van der Waals surface area contributed by atoms with Gasteiger partial charge < -0.3 is 10.4 Å². The molecule has 0 spiro atoms. The second-order valence-corrected chi connectivity index (χ2v) is 9.46. The number of aliphatic hydroxyl groups excluding tert-OH is 1. The van der Waals surface area contributed by atoms with Crippen LogP contribution in [0.3, 0.4) is 0 Å². The molecule has 1 saturated carbocycles. The second-order valence-electron chi connectivity index (χ2n) is 8.43. The summed E-state index contributed by atoms with van der Waals surface area (Å²) in [5.41, 5.74) is 3.77. The van der Waals surface area contributed by atoms with E-state index in [-0.39, 0.29) is 24.6 Å². The number of rotatable bonds is 5. The van der Waals surface area contributed by atoms with Gasteiger partial charge >= 0.3 is 0 Å². The molecule has 2 N–H and O–H groups in total. The van der Waals surface area contributed by atoms with Crippen LogP contribution in [0.15, 0.2) is 59.4 Å². The van der Waals surface area contributed by atoms with Crippen LogP contribution < -0.4 is 10.9 Å².